The molecule has 0 amide bonds. The second-order valence-electron chi connectivity index (χ2n) is 4.81. The van der Waals surface area contributed by atoms with Crippen LogP contribution in [0.1, 0.15) is 11.5 Å². The van der Waals surface area contributed by atoms with Gasteiger partial charge >= 0.3 is 0 Å². The summed E-state index contributed by atoms with van der Waals surface area (Å²) in [6.45, 7) is 0. The molecule has 0 fully saturated rings. The molecule has 0 unspecified atom stereocenters. The van der Waals surface area contributed by atoms with E-state index in [1.807, 2.05) is 0 Å². The Morgan fingerprint density at radius 2 is 2.04 bits per heavy atom. The predicted octanol–water partition coefficient (Wildman–Crippen LogP) is 0.680. The van der Waals surface area contributed by atoms with Crippen LogP contribution in [-0.4, -0.2) is 24.9 Å². The Labute approximate surface area is 129 Å². The van der Waals surface area contributed by atoms with Gasteiger partial charge < -0.3 is 19.9 Å². The van der Waals surface area contributed by atoms with Gasteiger partial charge in [0.15, 0.2) is 16.9 Å². The zero-order chi connectivity index (χ0) is 16.4. The average Bonchev–Trinajstić information content (AvgIpc) is 2.98. The van der Waals surface area contributed by atoms with Crippen molar-refractivity contribution < 1.29 is 13.9 Å². The van der Waals surface area contributed by atoms with Gasteiger partial charge in [-0.25, -0.2) is 9.37 Å². The minimum absolute atomic E-state index is 0.0464. The number of aromatic hydroxyl groups is 1. The molecule has 0 saturated carbocycles. The van der Waals surface area contributed by atoms with E-state index in [-0.39, 0.29) is 28.6 Å². The maximum atomic E-state index is 12.9. The molecular weight excluding hydrogens is 303 g/mol. The lowest BCUT2D eigenvalue weighted by Crippen LogP contribution is -2.21. The van der Waals surface area contributed by atoms with Crippen molar-refractivity contribution in [3.63, 3.8) is 0 Å². The molecule has 1 aromatic carbocycles. The van der Waals surface area contributed by atoms with Crippen LogP contribution in [0.2, 0.25) is 0 Å². The van der Waals surface area contributed by atoms with Crippen LogP contribution < -0.4 is 11.3 Å². The molecular formula is C14H13FN6O2. The van der Waals surface area contributed by atoms with Gasteiger partial charge in [0.05, 0.1) is 12.7 Å². The van der Waals surface area contributed by atoms with Crippen molar-refractivity contribution in [2.24, 2.45) is 18.0 Å². The fourth-order valence-corrected chi connectivity index (χ4v) is 2.04. The third-order valence-corrected chi connectivity index (χ3v) is 3.19. The molecule has 3 rings (SSSR count). The molecule has 0 aliphatic rings. The van der Waals surface area contributed by atoms with Gasteiger partial charge in [0, 0.05) is 7.05 Å². The second kappa shape index (κ2) is 5.87. The highest BCUT2D eigenvalue weighted by atomic mass is 19.1. The number of aromatic nitrogens is 4. The van der Waals surface area contributed by atoms with Crippen molar-refractivity contribution in [3.8, 4) is 17.3 Å². The summed E-state index contributed by atoms with van der Waals surface area (Å²) in [4.78, 5) is 4.04. The summed E-state index contributed by atoms with van der Waals surface area (Å²) in [5.74, 6) is 5.03. The highest BCUT2D eigenvalue weighted by Gasteiger charge is 2.17. The number of benzene rings is 1. The molecule has 118 valence electrons. The van der Waals surface area contributed by atoms with E-state index in [4.69, 9.17) is 10.3 Å². The molecule has 23 heavy (non-hydrogen) atoms. The molecule has 0 saturated heterocycles. The van der Waals surface area contributed by atoms with E-state index in [9.17, 15) is 9.50 Å². The van der Waals surface area contributed by atoms with Crippen LogP contribution in [0, 0.1) is 5.82 Å². The number of nitrogens with zero attached hydrogens (tertiary/aromatic N) is 5. The van der Waals surface area contributed by atoms with Crippen LogP contribution in [0.25, 0.3) is 11.6 Å². The highest BCUT2D eigenvalue weighted by Crippen LogP contribution is 2.22. The lowest BCUT2D eigenvalue weighted by Gasteiger charge is -2.03. The lowest BCUT2D eigenvalue weighted by molar-refractivity contribution is 0.448. The van der Waals surface area contributed by atoms with Gasteiger partial charge in [0.25, 0.3) is 5.89 Å². The maximum Gasteiger partial charge on any atom is 0.270 e. The largest absolute Gasteiger partial charge is 0.503 e. The molecule has 3 N–H and O–H groups in total. The van der Waals surface area contributed by atoms with Gasteiger partial charge in [-0.15, -0.1) is 10.2 Å². The smallest absolute Gasteiger partial charge is 0.270 e. The quantitative estimate of drug-likeness (QED) is 0.542. The van der Waals surface area contributed by atoms with Crippen molar-refractivity contribution in [2.75, 3.05) is 0 Å². The number of halogens is 1. The number of aryl methyl sites for hydroxylation is 1. The molecule has 0 aliphatic heterocycles. The number of nitrogens with two attached hydrogens (primary N) is 1. The molecule has 0 aliphatic carbocycles. The molecule has 2 aromatic heterocycles. The standard InChI is InChI=1S/C14H13FN6O2/c1-21-7-17-11(12(22)13(21)18-16)14-20-19-10(23-14)6-8-2-4-9(15)5-3-8/h2-5,7,22H,6,16H2,1H3/b18-13-. The Kier molecular flexibility index (Phi) is 3.75. The van der Waals surface area contributed by atoms with Crippen LogP contribution in [0.5, 0.6) is 5.75 Å². The SMILES string of the molecule is Cn1cnc(-c2nnc(Cc3ccc(F)cc3)o2)c(O)/c1=N/N. The Morgan fingerprint density at radius 1 is 1.30 bits per heavy atom. The molecule has 0 radical (unpaired) electrons. The molecule has 0 spiro atoms. The molecule has 8 nitrogen and oxygen atoms in total. The normalized spacial score (nSPS) is 11.8. The zero-order valence-corrected chi connectivity index (χ0v) is 12.1. The monoisotopic (exact) mass is 316 g/mol. The zero-order valence-electron chi connectivity index (χ0n) is 12.1. The van der Waals surface area contributed by atoms with E-state index in [1.165, 1.54) is 23.0 Å². The molecule has 0 bridgehead atoms. The maximum absolute atomic E-state index is 12.9. The first kappa shape index (κ1) is 14.7. The summed E-state index contributed by atoms with van der Waals surface area (Å²) < 4.78 is 19.8. The van der Waals surface area contributed by atoms with Crippen molar-refractivity contribution >= 4 is 0 Å². The molecule has 2 heterocycles. The average molecular weight is 316 g/mol. The lowest BCUT2D eigenvalue weighted by atomic mass is 10.1. The number of rotatable bonds is 3. The Morgan fingerprint density at radius 3 is 2.74 bits per heavy atom. The van der Waals surface area contributed by atoms with Gasteiger partial charge in [-0.05, 0) is 17.7 Å². The fourth-order valence-electron chi connectivity index (χ4n) is 2.04. The summed E-state index contributed by atoms with van der Waals surface area (Å²) >= 11 is 0. The van der Waals surface area contributed by atoms with E-state index in [0.717, 1.165) is 5.56 Å². The Bertz CT molecular complexity index is 900. The first-order chi connectivity index (χ1) is 11.1. The molecule has 3 aromatic rings. The van der Waals surface area contributed by atoms with E-state index in [0.29, 0.717) is 12.3 Å². The second-order valence-corrected chi connectivity index (χ2v) is 4.81. The molecule has 0 atom stereocenters. The van der Waals surface area contributed by atoms with E-state index < -0.39 is 0 Å². The fraction of sp³-hybridized carbons (Fsp3) is 0.143. The minimum Gasteiger partial charge on any atom is -0.503 e. The van der Waals surface area contributed by atoms with Crippen molar-refractivity contribution in [1.82, 2.24) is 19.7 Å². The summed E-state index contributed by atoms with van der Waals surface area (Å²) in [7, 11) is 1.63. The van der Waals surface area contributed by atoms with Gasteiger partial charge in [-0.3, -0.25) is 0 Å². The summed E-state index contributed by atoms with van der Waals surface area (Å²) in [6.07, 6.45) is 1.76. The Balaban J connectivity index is 1.92. The first-order valence-electron chi connectivity index (χ1n) is 6.64. The number of hydrogen-bond donors (Lipinski definition) is 2. The third-order valence-electron chi connectivity index (χ3n) is 3.19. The van der Waals surface area contributed by atoms with E-state index >= 15 is 0 Å². The molecule has 9 heteroatoms. The van der Waals surface area contributed by atoms with Crippen LogP contribution >= 0.6 is 0 Å². The summed E-state index contributed by atoms with van der Waals surface area (Å²) in [5.41, 5.74) is 1.04. The highest BCUT2D eigenvalue weighted by molar-refractivity contribution is 5.54. The van der Waals surface area contributed by atoms with Gasteiger partial charge in [-0.1, -0.05) is 12.1 Å². The predicted molar refractivity (Wildman–Crippen MR) is 77.1 cm³/mol. The van der Waals surface area contributed by atoms with Crippen molar-refractivity contribution in [2.45, 2.75) is 6.42 Å². The Hall–Kier alpha value is -3.23. The van der Waals surface area contributed by atoms with Crippen LogP contribution in [0.3, 0.4) is 0 Å². The van der Waals surface area contributed by atoms with Crippen LogP contribution in [0.15, 0.2) is 40.1 Å². The van der Waals surface area contributed by atoms with Gasteiger partial charge in [0.2, 0.25) is 5.89 Å². The summed E-state index contributed by atoms with van der Waals surface area (Å²) in [5, 5.41) is 21.4. The third kappa shape index (κ3) is 2.89. The number of hydrogen-bond acceptors (Lipinski definition) is 7. The van der Waals surface area contributed by atoms with Crippen LogP contribution in [-0.2, 0) is 13.5 Å². The van der Waals surface area contributed by atoms with Crippen LogP contribution in [0.4, 0.5) is 4.39 Å². The van der Waals surface area contributed by atoms with Gasteiger partial charge in [0.1, 0.15) is 5.82 Å². The summed E-state index contributed by atoms with van der Waals surface area (Å²) in [6, 6.07) is 5.96. The van der Waals surface area contributed by atoms with Gasteiger partial charge in [-0.2, -0.15) is 5.10 Å². The van der Waals surface area contributed by atoms with E-state index in [1.54, 1.807) is 19.2 Å². The minimum atomic E-state index is -0.315. The van der Waals surface area contributed by atoms with Crippen molar-refractivity contribution in [1.29, 1.82) is 0 Å². The topological polar surface area (TPSA) is 115 Å². The first-order valence-corrected chi connectivity index (χ1v) is 6.64. The van der Waals surface area contributed by atoms with E-state index in [2.05, 4.69) is 20.3 Å². The van der Waals surface area contributed by atoms with Crippen molar-refractivity contribution in [3.05, 3.63) is 53.4 Å².